The number of nitrogens with zero attached hydrogens (tertiary/aromatic N) is 1. The second-order valence-corrected chi connectivity index (χ2v) is 8.39. The van der Waals surface area contributed by atoms with Gasteiger partial charge in [-0.05, 0) is 19.1 Å². The number of methoxy groups -OCH3 is 2. The summed E-state index contributed by atoms with van der Waals surface area (Å²) in [5.74, 6) is 0.218. The first-order chi connectivity index (χ1) is 15.3. The molecule has 11 heteroatoms. The SMILES string of the molecule is COc1ccc(C(C)=O)c(OCC2CN(C(=O)[C@H]3OC[C@H](OC(C)=O)S3)CCO2)c1OC. The Hall–Kier alpha value is -2.50. The van der Waals surface area contributed by atoms with Crippen molar-refractivity contribution in [2.45, 2.75) is 30.8 Å². The van der Waals surface area contributed by atoms with Crippen LogP contribution >= 0.6 is 11.8 Å². The normalized spacial score (nSPS) is 22.9. The van der Waals surface area contributed by atoms with Gasteiger partial charge < -0.3 is 33.3 Å². The van der Waals surface area contributed by atoms with Gasteiger partial charge in [0.1, 0.15) is 12.7 Å². The van der Waals surface area contributed by atoms with Crippen molar-refractivity contribution < 1.29 is 42.8 Å². The molecular weight excluding hydrogens is 442 g/mol. The third kappa shape index (κ3) is 5.64. The van der Waals surface area contributed by atoms with Crippen LogP contribution in [0.5, 0.6) is 17.2 Å². The van der Waals surface area contributed by atoms with E-state index in [9.17, 15) is 14.4 Å². The van der Waals surface area contributed by atoms with E-state index in [0.717, 1.165) is 0 Å². The first-order valence-corrected chi connectivity index (χ1v) is 11.0. The quantitative estimate of drug-likeness (QED) is 0.410. The van der Waals surface area contributed by atoms with E-state index in [-0.39, 0.29) is 30.7 Å². The lowest BCUT2D eigenvalue weighted by Crippen LogP contribution is -2.50. The summed E-state index contributed by atoms with van der Waals surface area (Å²) in [6.07, 6.45) is -0.418. The smallest absolute Gasteiger partial charge is 0.303 e. The van der Waals surface area contributed by atoms with Gasteiger partial charge in [-0.2, -0.15) is 0 Å². The molecule has 1 aromatic rings. The van der Waals surface area contributed by atoms with E-state index >= 15 is 0 Å². The average Bonchev–Trinajstić information content (AvgIpc) is 3.24. The highest BCUT2D eigenvalue weighted by molar-refractivity contribution is 8.01. The number of morpholine rings is 1. The number of thioether (sulfide) groups is 1. The minimum absolute atomic E-state index is 0.0995. The van der Waals surface area contributed by atoms with Crippen LogP contribution in [0, 0.1) is 0 Å². The topological polar surface area (TPSA) is 110 Å². The number of amides is 1. The van der Waals surface area contributed by atoms with Crippen LogP contribution in [0.2, 0.25) is 0 Å². The Morgan fingerprint density at radius 2 is 1.91 bits per heavy atom. The van der Waals surface area contributed by atoms with Crippen LogP contribution in [-0.4, -0.2) is 86.7 Å². The number of rotatable bonds is 8. The second-order valence-electron chi connectivity index (χ2n) is 7.16. The molecule has 0 aromatic heterocycles. The predicted octanol–water partition coefficient (Wildman–Crippen LogP) is 1.49. The van der Waals surface area contributed by atoms with Crippen LogP contribution < -0.4 is 14.2 Å². The summed E-state index contributed by atoms with van der Waals surface area (Å²) >= 11 is 1.17. The zero-order valence-electron chi connectivity index (χ0n) is 18.5. The molecule has 0 N–H and O–H groups in total. The summed E-state index contributed by atoms with van der Waals surface area (Å²) in [6, 6.07) is 3.26. The molecule has 1 aromatic carbocycles. The molecule has 0 aliphatic carbocycles. The Balaban J connectivity index is 1.63. The van der Waals surface area contributed by atoms with Crippen LogP contribution in [0.3, 0.4) is 0 Å². The van der Waals surface area contributed by atoms with Gasteiger partial charge in [0, 0.05) is 13.5 Å². The molecule has 10 nitrogen and oxygen atoms in total. The van der Waals surface area contributed by atoms with E-state index in [1.54, 1.807) is 17.0 Å². The number of Topliss-reactive ketones (excluding diaryl/α,β-unsaturated/α-hetero) is 1. The van der Waals surface area contributed by atoms with Gasteiger partial charge >= 0.3 is 5.97 Å². The Kier molecular flexibility index (Phi) is 8.21. The molecule has 3 atom stereocenters. The summed E-state index contributed by atoms with van der Waals surface area (Å²) in [5, 5.41) is 0. The van der Waals surface area contributed by atoms with E-state index < -0.39 is 22.9 Å². The fraction of sp³-hybridized carbons (Fsp3) is 0.571. The molecule has 2 fully saturated rings. The highest BCUT2D eigenvalue weighted by Crippen LogP contribution is 2.40. The molecule has 2 aliphatic heterocycles. The number of carbonyl (C=O) groups is 3. The number of esters is 1. The zero-order valence-corrected chi connectivity index (χ0v) is 19.3. The molecule has 2 aliphatic rings. The monoisotopic (exact) mass is 469 g/mol. The highest BCUT2D eigenvalue weighted by Gasteiger charge is 2.38. The largest absolute Gasteiger partial charge is 0.493 e. The van der Waals surface area contributed by atoms with Crippen LogP contribution in [0.15, 0.2) is 12.1 Å². The number of hydrogen-bond donors (Lipinski definition) is 0. The van der Waals surface area contributed by atoms with E-state index in [1.165, 1.54) is 39.8 Å². The first-order valence-electron chi connectivity index (χ1n) is 10.1. The highest BCUT2D eigenvalue weighted by atomic mass is 32.2. The van der Waals surface area contributed by atoms with Crippen molar-refractivity contribution in [1.29, 1.82) is 0 Å². The molecule has 0 radical (unpaired) electrons. The Bertz CT molecular complexity index is 862. The van der Waals surface area contributed by atoms with Crippen molar-refractivity contribution in [3.8, 4) is 17.2 Å². The predicted molar refractivity (Wildman–Crippen MR) is 114 cm³/mol. The Labute approximate surface area is 190 Å². The molecule has 3 rings (SSSR count). The van der Waals surface area contributed by atoms with E-state index in [1.807, 2.05) is 0 Å². The Morgan fingerprint density at radius 1 is 1.12 bits per heavy atom. The van der Waals surface area contributed by atoms with Crippen molar-refractivity contribution in [3.63, 3.8) is 0 Å². The number of benzene rings is 1. The maximum Gasteiger partial charge on any atom is 0.303 e. The minimum atomic E-state index is -0.734. The summed E-state index contributed by atoms with van der Waals surface area (Å²) in [4.78, 5) is 37.6. The third-order valence-corrected chi connectivity index (χ3v) is 6.02. The lowest BCUT2D eigenvalue weighted by Gasteiger charge is -2.34. The third-order valence-electron chi connectivity index (χ3n) is 4.90. The fourth-order valence-corrected chi connectivity index (χ4v) is 4.47. The van der Waals surface area contributed by atoms with Gasteiger partial charge in [-0.1, -0.05) is 11.8 Å². The lowest BCUT2D eigenvalue weighted by atomic mass is 10.1. The molecule has 176 valence electrons. The molecule has 32 heavy (non-hydrogen) atoms. The molecule has 0 saturated carbocycles. The molecular formula is C21H27NO9S. The van der Waals surface area contributed by atoms with Gasteiger partial charge in [-0.15, -0.1) is 0 Å². The second kappa shape index (κ2) is 10.9. The van der Waals surface area contributed by atoms with E-state index in [0.29, 0.717) is 36.8 Å². The van der Waals surface area contributed by atoms with Crippen molar-refractivity contribution >= 4 is 29.4 Å². The molecule has 0 bridgehead atoms. The standard InChI is InChI=1S/C21H27NO9S/c1-12(23)15-5-6-16(26-3)19(27-4)18(15)29-10-14-9-22(7-8-28-14)20(25)21-30-11-17(32-21)31-13(2)24/h5-6,14,17,21H,7-11H2,1-4H3/t14?,17-,21+/m1/s1. The zero-order chi connectivity index (χ0) is 23.3. The van der Waals surface area contributed by atoms with Crippen LogP contribution in [0.4, 0.5) is 0 Å². The summed E-state index contributed by atoms with van der Waals surface area (Å²) < 4.78 is 33.0. The summed E-state index contributed by atoms with van der Waals surface area (Å²) in [6.45, 7) is 4.06. The van der Waals surface area contributed by atoms with Crippen LogP contribution in [0.1, 0.15) is 24.2 Å². The van der Waals surface area contributed by atoms with Crippen molar-refractivity contribution in [2.24, 2.45) is 0 Å². The summed E-state index contributed by atoms with van der Waals surface area (Å²) in [5.41, 5.74) is -0.868. The maximum atomic E-state index is 12.8. The number of hydrogen-bond acceptors (Lipinski definition) is 10. The number of ether oxygens (including phenoxy) is 6. The first kappa shape index (κ1) is 24.1. The van der Waals surface area contributed by atoms with Gasteiger partial charge in [0.05, 0.1) is 39.5 Å². The molecule has 0 spiro atoms. The van der Waals surface area contributed by atoms with Crippen molar-refractivity contribution in [1.82, 2.24) is 4.90 Å². The number of ketones is 1. The minimum Gasteiger partial charge on any atom is -0.493 e. The average molecular weight is 470 g/mol. The van der Waals surface area contributed by atoms with Gasteiger partial charge in [0.2, 0.25) is 5.75 Å². The molecule has 2 saturated heterocycles. The van der Waals surface area contributed by atoms with Gasteiger partial charge in [0.15, 0.2) is 28.2 Å². The van der Waals surface area contributed by atoms with Crippen LogP contribution in [0.25, 0.3) is 0 Å². The van der Waals surface area contributed by atoms with Gasteiger partial charge in [0.25, 0.3) is 5.91 Å². The summed E-state index contributed by atoms with van der Waals surface area (Å²) in [7, 11) is 2.96. The van der Waals surface area contributed by atoms with Crippen LogP contribution in [-0.2, 0) is 23.8 Å². The Morgan fingerprint density at radius 3 is 2.56 bits per heavy atom. The molecule has 1 unspecified atom stereocenters. The van der Waals surface area contributed by atoms with Gasteiger partial charge in [-0.3, -0.25) is 14.4 Å². The lowest BCUT2D eigenvalue weighted by molar-refractivity contribution is -0.147. The van der Waals surface area contributed by atoms with E-state index in [2.05, 4.69) is 0 Å². The van der Waals surface area contributed by atoms with Crippen molar-refractivity contribution in [2.75, 3.05) is 47.1 Å². The van der Waals surface area contributed by atoms with Crippen molar-refractivity contribution in [3.05, 3.63) is 17.7 Å². The van der Waals surface area contributed by atoms with Gasteiger partial charge in [-0.25, -0.2) is 0 Å². The number of carbonyl (C=O) groups excluding carboxylic acids is 3. The fourth-order valence-electron chi connectivity index (χ4n) is 3.42. The van der Waals surface area contributed by atoms with E-state index in [4.69, 9.17) is 28.4 Å². The molecule has 2 heterocycles. The molecule has 1 amide bonds. The maximum absolute atomic E-state index is 12.8.